The summed E-state index contributed by atoms with van der Waals surface area (Å²) in [5, 5.41) is 3.38. The molecule has 0 radical (unpaired) electrons. The summed E-state index contributed by atoms with van der Waals surface area (Å²) in [6, 6.07) is 16.1. The van der Waals surface area contributed by atoms with Gasteiger partial charge < -0.3 is 0 Å². The minimum absolute atomic E-state index is 0.175. The molecule has 0 spiro atoms. The van der Waals surface area contributed by atoms with Gasteiger partial charge in [0.2, 0.25) is 0 Å². The number of aromatic nitrogens is 1. The Morgan fingerprint density at radius 2 is 1.88 bits per heavy atom. The molecule has 3 aromatic rings. The van der Waals surface area contributed by atoms with Crippen LogP contribution in [0.25, 0.3) is 6.08 Å². The van der Waals surface area contributed by atoms with E-state index in [0.717, 1.165) is 16.0 Å². The van der Waals surface area contributed by atoms with Crippen molar-refractivity contribution in [2.24, 2.45) is 0 Å². The third-order valence-electron chi connectivity index (χ3n) is 3.61. The van der Waals surface area contributed by atoms with Gasteiger partial charge in [-0.1, -0.05) is 42.5 Å². The predicted octanol–water partition coefficient (Wildman–Crippen LogP) is 4.92. The smallest absolute Gasteiger partial charge is 0.253 e. The maximum absolute atomic E-state index is 12.9. The Morgan fingerprint density at radius 3 is 2.60 bits per heavy atom. The molecule has 0 bridgehead atoms. The third kappa shape index (κ3) is 4.84. The molecule has 0 aliphatic carbocycles. The number of nitrogens with one attached hydrogen (secondary N) is 1. The van der Waals surface area contributed by atoms with E-state index in [1.165, 1.54) is 23.5 Å². The van der Waals surface area contributed by atoms with Crippen molar-refractivity contribution in [2.75, 3.05) is 5.32 Å². The largest absolute Gasteiger partial charge is 0.298 e. The Kier molecular flexibility index (Phi) is 5.36. The van der Waals surface area contributed by atoms with E-state index >= 15 is 0 Å². The quantitative estimate of drug-likeness (QED) is 0.663. The van der Waals surface area contributed by atoms with Crippen molar-refractivity contribution in [3.05, 3.63) is 88.2 Å². The van der Waals surface area contributed by atoms with E-state index in [-0.39, 0.29) is 11.7 Å². The SMILES string of the molecule is CC(=Cc1ccccc1)C(=O)Nc1ncc(Cc2ccc(F)cc2)s1. The number of amides is 1. The summed E-state index contributed by atoms with van der Waals surface area (Å²) in [7, 11) is 0. The van der Waals surface area contributed by atoms with E-state index in [1.807, 2.05) is 36.4 Å². The van der Waals surface area contributed by atoms with E-state index in [0.29, 0.717) is 17.1 Å². The lowest BCUT2D eigenvalue weighted by Crippen LogP contribution is -2.12. The van der Waals surface area contributed by atoms with Gasteiger partial charge >= 0.3 is 0 Å². The van der Waals surface area contributed by atoms with Crippen LogP contribution < -0.4 is 5.32 Å². The summed E-state index contributed by atoms with van der Waals surface area (Å²) in [5.74, 6) is -0.423. The fourth-order valence-corrected chi connectivity index (χ4v) is 3.15. The average Bonchev–Trinajstić information content (AvgIpc) is 3.04. The molecule has 1 aromatic heterocycles. The van der Waals surface area contributed by atoms with Crippen molar-refractivity contribution in [3.63, 3.8) is 0 Å². The molecular formula is C20H17FN2OS. The van der Waals surface area contributed by atoms with Crippen molar-refractivity contribution in [1.82, 2.24) is 4.98 Å². The molecule has 1 N–H and O–H groups in total. The minimum atomic E-state index is -0.248. The number of hydrogen-bond donors (Lipinski definition) is 1. The average molecular weight is 352 g/mol. The van der Waals surface area contributed by atoms with E-state index in [2.05, 4.69) is 10.3 Å². The molecule has 1 amide bonds. The molecule has 2 aromatic carbocycles. The molecule has 126 valence electrons. The number of carbonyl (C=O) groups excluding carboxylic acids is 1. The molecule has 0 saturated heterocycles. The highest BCUT2D eigenvalue weighted by atomic mass is 32.1. The standard InChI is InChI=1S/C20H17FN2OS/c1-14(11-15-5-3-2-4-6-15)19(24)23-20-22-13-18(25-20)12-16-7-9-17(21)10-8-16/h2-11,13H,12H2,1H3,(H,22,23,24). The van der Waals surface area contributed by atoms with E-state index in [4.69, 9.17) is 0 Å². The molecule has 0 atom stereocenters. The highest BCUT2D eigenvalue weighted by Crippen LogP contribution is 2.22. The number of rotatable bonds is 5. The first-order valence-electron chi connectivity index (χ1n) is 7.84. The van der Waals surface area contributed by atoms with Crippen molar-refractivity contribution in [1.29, 1.82) is 0 Å². The molecular weight excluding hydrogens is 335 g/mol. The van der Waals surface area contributed by atoms with Crippen molar-refractivity contribution < 1.29 is 9.18 Å². The Hall–Kier alpha value is -2.79. The first-order valence-corrected chi connectivity index (χ1v) is 8.65. The van der Waals surface area contributed by atoms with Crippen molar-refractivity contribution in [3.8, 4) is 0 Å². The van der Waals surface area contributed by atoms with Gasteiger partial charge in [0.1, 0.15) is 5.82 Å². The van der Waals surface area contributed by atoms with Crippen LogP contribution in [0, 0.1) is 5.82 Å². The van der Waals surface area contributed by atoms with Gasteiger partial charge in [0, 0.05) is 23.1 Å². The van der Waals surface area contributed by atoms with Gasteiger partial charge in [0.05, 0.1) is 0 Å². The van der Waals surface area contributed by atoms with Gasteiger partial charge in [-0.2, -0.15) is 0 Å². The number of anilines is 1. The topological polar surface area (TPSA) is 42.0 Å². The Bertz CT molecular complexity index is 886. The van der Waals surface area contributed by atoms with Gasteiger partial charge in [0.25, 0.3) is 5.91 Å². The van der Waals surface area contributed by atoms with Crippen LogP contribution in [-0.2, 0) is 11.2 Å². The summed E-state index contributed by atoms with van der Waals surface area (Å²) < 4.78 is 12.9. The van der Waals surface area contributed by atoms with Crippen LogP contribution in [0.2, 0.25) is 0 Å². The molecule has 1 heterocycles. The zero-order chi connectivity index (χ0) is 17.6. The highest BCUT2D eigenvalue weighted by Gasteiger charge is 2.09. The van der Waals surface area contributed by atoms with E-state index < -0.39 is 0 Å². The molecule has 0 unspecified atom stereocenters. The van der Waals surface area contributed by atoms with Gasteiger partial charge in [-0.3, -0.25) is 10.1 Å². The second kappa shape index (κ2) is 7.85. The number of halogens is 1. The van der Waals surface area contributed by atoms with Crippen LogP contribution in [0.1, 0.15) is 22.9 Å². The fourth-order valence-electron chi connectivity index (χ4n) is 2.31. The highest BCUT2D eigenvalue weighted by molar-refractivity contribution is 7.15. The second-order valence-corrected chi connectivity index (χ2v) is 6.74. The van der Waals surface area contributed by atoms with Crippen molar-refractivity contribution in [2.45, 2.75) is 13.3 Å². The zero-order valence-electron chi connectivity index (χ0n) is 13.7. The lowest BCUT2D eigenvalue weighted by atomic mass is 10.1. The molecule has 3 rings (SSSR count). The summed E-state index contributed by atoms with van der Waals surface area (Å²) in [6.45, 7) is 1.77. The van der Waals surface area contributed by atoms with Crippen molar-refractivity contribution >= 4 is 28.5 Å². The maximum Gasteiger partial charge on any atom is 0.253 e. The molecule has 3 nitrogen and oxygen atoms in total. The summed E-state index contributed by atoms with van der Waals surface area (Å²) in [4.78, 5) is 17.5. The Labute approximate surface area is 149 Å². The van der Waals surface area contributed by atoms with Crippen LogP contribution >= 0.6 is 11.3 Å². The van der Waals surface area contributed by atoms with Crippen LogP contribution in [0.15, 0.2) is 66.4 Å². The van der Waals surface area contributed by atoms with Gasteiger partial charge in [-0.25, -0.2) is 9.37 Å². The maximum atomic E-state index is 12.9. The first kappa shape index (κ1) is 17.0. The van der Waals surface area contributed by atoms with E-state index in [1.54, 1.807) is 25.3 Å². The monoisotopic (exact) mass is 352 g/mol. The number of nitrogens with zero attached hydrogens (tertiary/aromatic N) is 1. The van der Waals surface area contributed by atoms with E-state index in [9.17, 15) is 9.18 Å². The number of carbonyl (C=O) groups is 1. The molecule has 0 aliphatic rings. The number of thiazole rings is 1. The molecule has 0 aliphatic heterocycles. The lowest BCUT2D eigenvalue weighted by Gasteiger charge is -2.02. The second-order valence-electron chi connectivity index (χ2n) is 5.63. The first-order chi connectivity index (χ1) is 12.1. The number of benzene rings is 2. The van der Waals surface area contributed by atoms with Gasteiger partial charge in [-0.15, -0.1) is 11.3 Å². The molecule has 0 fully saturated rings. The predicted molar refractivity (Wildman–Crippen MR) is 100 cm³/mol. The van der Waals surface area contributed by atoms with Crippen LogP contribution in [0.5, 0.6) is 0 Å². The third-order valence-corrected chi connectivity index (χ3v) is 4.52. The molecule has 0 saturated carbocycles. The van der Waals surface area contributed by atoms with Crippen LogP contribution in [0.3, 0.4) is 0 Å². The zero-order valence-corrected chi connectivity index (χ0v) is 14.5. The summed E-state index contributed by atoms with van der Waals surface area (Å²) in [5.41, 5.74) is 2.59. The van der Waals surface area contributed by atoms with Gasteiger partial charge in [0.15, 0.2) is 5.13 Å². The summed E-state index contributed by atoms with van der Waals surface area (Å²) >= 11 is 1.42. The Morgan fingerprint density at radius 1 is 1.16 bits per heavy atom. The Balaban J connectivity index is 1.63. The normalized spacial score (nSPS) is 11.4. The van der Waals surface area contributed by atoms with Crippen LogP contribution in [-0.4, -0.2) is 10.9 Å². The molecule has 25 heavy (non-hydrogen) atoms. The van der Waals surface area contributed by atoms with Gasteiger partial charge in [-0.05, 0) is 36.3 Å². The number of hydrogen-bond acceptors (Lipinski definition) is 3. The molecule has 5 heteroatoms. The van der Waals surface area contributed by atoms with Crippen LogP contribution in [0.4, 0.5) is 9.52 Å². The summed E-state index contributed by atoms with van der Waals surface area (Å²) in [6.07, 6.45) is 4.23. The lowest BCUT2D eigenvalue weighted by molar-refractivity contribution is -0.112. The minimum Gasteiger partial charge on any atom is -0.298 e. The fraction of sp³-hybridized carbons (Fsp3) is 0.100.